The lowest BCUT2D eigenvalue weighted by molar-refractivity contribution is 0.104. The minimum absolute atomic E-state index is 0.0717. The highest BCUT2D eigenvalue weighted by molar-refractivity contribution is 6.30. The average Bonchev–Trinajstić information content (AvgIpc) is 3.37. The SMILES string of the molecule is COc1ccc(/C=C/C(=O)c2ccc(-n3ccnc3)cc2)cc1COc1ccc(Cl)cc1C. The van der Waals surface area contributed by atoms with Crippen LogP contribution in [0.3, 0.4) is 0 Å². The van der Waals surface area contributed by atoms with Crippen molar-refractivity contribution in [2.24, 2.45) is 0 Å². The number of halogens is 1. The molecule has 0 saturated carbocycles. The summed E-state index contributed by atoms with van der Waals surface area (Å²) in [6.45, 7) is 2.28. The lowest BCUT2D eigenvalue weighted by atomic mass is 10.1. The van der Waals surface area contributed by atoms with E-state index in [2.05, 4.69) is 4.98 Å². The minimum atomic E-state index is -0.0717. The zero-order valence-electron chi connectivity index (χ0n) is 18.4. The number of aryl methyl sites for hydroxylation is 1. The zero-order valence-corrected chi connectivity index (χ0v) is 19.1. The monoisotopic (exact) mass is 458 g/mol. The molecule has 0 aliphatic carbocycles. The van der Waals surface area contributed by atoms with Crippen molar-refractivity contribution < 1.29 is 14.3 Å². The van der Waals surface area contributed by atoms with E-state index in [-0.39, 0.29) is 5.78 Å². The van der Waals surface area contributed by atoms with Gasteiger partial charge in [0.2, 0.25) is 0 Å². The van der Waals surface area contributed by atoms with Gasteiger partial charge in [-0.1, -0.05) is 23.7 Å². The van der Waals surface area contributed by atoms with Gasteiger partial charge in [0.1, 0.15) is 18.1 Å². The maximum Gasteiger partial charge on any atom is 0.185 e. The molecule has 166 valence electrons. The van der Waals surface area contributed by atoms with E-state index in [1.165, 1.54) is 0 Å². The number of ketones is 1. The highest BCUT2D eigenvalue weighted by Crippen LogP contribution is 2.26. The third kappa shape index (κ3) is 5.51. The number of methoxy groups -OCH3 is 1. The highest BCUT2D eigenvalue weighted by Gasteiger charge is 2.08. The number of nitrogens with zero attached hydrogens (tertiary/aromatic N) is 2. The van der Waals surface area contributed by atoms with Gasteiger partial charge in [-0.3, -0.25) is 4.79 Å². The Hall–Kier alpha value is -3.83. The first-order valence-corrected chi connectivity index (χ1v) is 10.8. The smallest absolute Gasteiger partial charge is 0.185 e. The Kier molecular flexibility index (Phi) is 6.91. The molecular formula is C27H23ClN2O3. The fourth-order valence-corrected chi connectivity index (χ4v) is 3.65. The van der Waals surface area contributed by atoms with E-state index in [1.807, 2.05) is 72.3 Å². The molecule has 0 aliphatic heterocycles. The maximum absolute atomic E-state index is 12.6. The number of rotatable bonds is 8. The van der Waals surface area contributed by atoms with Crippen molar-refractivity contribution in [2.75, 3.05) is 7.11 Å². The van der Waals surface area contributed by atoms with Crippen LogP contribution in [0.25, 0.3) is 11.8 Å². The van der Waals surface area contributed by atoms with Crippen LogP contribution in [-0.4, -0.2) is 22.4 Å². The van der Waals surface area contributed by atoms with E-state index in [9.17, 15) is 4.79 Å². The largest absolute Gasteiger partial charge is 0.496 e. The summed E-state index contributed by atoms with van der Waals surface area (Å²) >= 11 is 6.02. The number of imidazole rings is 1. The Balaban J connectivity index is 1.46. The van der Waals surface area contributed by atoms with Crippen LogP contribution in [-0.2, 0) is 6.61 Å². The molecule has 4 aromatic rings. The Morgan fingerprint density at radius 3 is 2.55 bits per heavy atom. The van der Waals surface area contributed by atoms with E-state index in [0.29, 0.717) is 17.2 Å². The van der Waals surface area contributed by atoms with E-state index in [4.69, 9.17) is 21.1 Å². The van der Waals surface area contributed by atoms with Crippen molar-refractivity contribution in [3.63, 3.8) is 0 Å². The number of benzene rings is 3. The molecule has 1 heterocycles. The molecule has 0 atom stereocenters. The first kappa shape index (κ1) is 22.4. The van der Waals surface area contributed by atoms with Gasteiger partial charge < -0.3 is 14.0 Å². The van der Waals surface area contributed by atoms with Gasteiger partial charge in [0.15, 0.2) is 5.78 Å². The number of carbonyl (C=O) groups is 1. The molecule has 0 aliphatic rings. The Morgan fingerprint density at radius 2 is 1.85 bits per heavy atom. The van der Waals surface area contributed by atoms with E-state index in [1.54, 1.807) is 37.9 Å². The van der Waals surface area contributed by atoms with Gasteiger partial charge in [-0.25, -0.2) is 4.98 Å². The summed E-state index contributed by atoms with van der Waals surface area (Å²) in [5.74, 6) is 1.41. The molecule has 0 N–H and O–H groups in total. The summed E-state index contributed by atoms with van der Waals surface area (Å²) in [5.41, 5.74) is 4.29. The van der Waals surface area contributed by atoms with Crippen LogP contribution < -0.4 is 9.47 Å². The normalized spacial score (nSPS) is 11.0. The summed E-state index contributed by atoms with van der Waals surface area (Å²) < 4.78 is 13.3. The van der Waals surface area contributed by atoms with E-state index in [0.717, 1.165) is 33.9 Å². The summed E-state index contributed by atoms with van der Waals surface area (Å²) in [6.07, 6.45) is 8.66. The Bertz CT molecular complexity index is 1280. The molecule has 33 heavy (non-hydrogen) atoms. The molecule has 0 saturated heterocycles. The topological polar surface area (TPSA) is 53.4 Å². The third-order valence-electron chi connectivity index (χ3n) is 5.21. The van der Waals surface area contributed by atoms with Gasteiger partial charge in [-0.15, -0.1) is 0 Å². The molecule has 5 nitrogen and oxygen atoms in total. The maximum atomic E-state index is 12.6. The van der Waals surface area contributed by atoms with Crippen LogP contribution in [0.2, 0.25) is 5.02 Å². The molecule has 3 aromatic carbocycles. The second-order valence-corrected chi connectivity index (χ2v) is 7.92. The molecule has 4 rings (SSSR count). The van der Waals surface area contributed by atoms with Crippen molar-refractivity contribution in [2.45, 2.75) is 13.5 Å². The average molecular weight is 459 g/mol. The van der Waals surface area contributed by atoms with Crippen LogP contribution in [0.15, 0.2) is 85.5 Å². The minimum Gasteiger partial charge on any atom is -0.496 e. The number of aromatic nitrogens is 2. The Labute approximate surface area is 197 Å². The predicted molar refractivity (Wildman–Crippen MR) is 130 cm³/mol. The standard InChI is InChI=1S/C27H23ClN2O3/c1-19-15-23(28)7-12-26(19)33-17-22-16-20(4-11-27(22)32-2)3-10-25(31)21-5-8-24(9-6-21)30-14-13-29-18-30/h3-16,18H,17H2,1-2H3/b10-3+. The summed E-state index contributed by atoms with van der Waals surface area (Å²) in [7, 11) is 1.62. The van der Waals surface area contributed by atoms with Crippen molar-refractivity contribution in [1.29, 1.82) is 0 Å². The highest BCUT2D eigenvalue weighted by atomic mass is 35.5. The summed E-state index contributed by atoms with van der Waals surface area (Å²) in [5, 5.41) is 0.672. The molecule has 0 amide bonds. The van der Waals surface area contributed by atoms with E-state index < -0.39 is 0 Å². The van der Waals surface area contributed by atoms with Crippen molar-refractivity contribution in [1.82, 2.24) is 9.55 Å². The fourth-order valence-electron chi connectivity index (χ4n) is 3.42. The van der Waals surface area contributed by atoms with Gasteiger partial charge in [-0.2, -0.15) is 0 Å². The molecule has 0 fully saturated rings. The van der Waals surface area contributed by atoms with Crippen LogP contribution >= 0.6 is 11.6 Å². The molecule has 0 spiro atoms. The van der Waals surface area contributed by atoms with Gasteiger partial charge in [0, 0.05) is 34.2 Å². The number of allylic oxidation sites excluding steroid dienone is 1. The second kappa shape index (κ2) is 10.2. The van der Waals surface area contributed by atoms with Crippen molar-refractivity contribution in [3.05, 3.63) is 113 Å². The Morgan fingerprint density at radius 1 is 1.06 bits per heavy atom. The van der Waals surface area contributed by atoms with Crippen LogP contribution in [0, 0.1) is 6.92 Å². The molecule has 1 aromatic heterocycles. The van der Waals surface area contributed by atoms with Gasteiger partial charge in [-0.05, 0) is 78.7 Å². The number of hydrogen-bond donors (Lipinski definition) is 0. The zero-order chi connectivity index (χ0) is 23.2. The lowest BCUT2D eigenvalue weighted by Crippen LogP contribution is -2.00. The number of ether oxygens (including phenoxy) is 2. The third-order valence-corrected chi connectivity index (χ3v) is 5.44. The predicted octanol–water partition coefficient (Wildman–Crippen LogP) is 6.32. The number of carbonyl (C=O) groups excluding carboxylic acids is 1. The van der Waals surface area contributed by atoms with Crippen LogP contribution in [0.5, 0.6) is 11.5 Å². The molecule has 0 radical (unpaired) electrons. The van der Waals surface area contributed by atoms with E-state index >= 15 is 0 Å². The lowest BCUT2D eigenvalue weighted by Gasteiger charge is -2.13. The van der Waals surface area contributed by atoms with Gasteiger partial charge in [0.05, 0.1) is 13.4 Å². The number of hydrogen-bond acceptors (Lipinski definition) is 4. The first-order chi connectivity index (χ1) is 16.0. The summed E-state index contributed by atoms with van der Waals surface area (Å²) in [4.78, 5) is 16.7. The second-order valence-electron chi connectivity index (χ2n) is 7.48. The molecular weight excluding hydrogens is 436 g/mol. The molecule has 0 unspecified atom stereocenters. The van der Waals surface area contributed by atoms with Gasteiger partial charge in [0.25, 0.3) is 0 Å². The van der Waals surface area contributed by atoms with Crippen molar-refractivity contribution >= 4 is 23.5 Å². The molecule has 6 heteroatoms. The van der Waals surface area contributed by atoms with Crippen LogP contribution in [0.4, 0.5) is 0 Å². The quantitative estimate of drug-likeness (QED) is 0.229. The van der Waals surface area contributed by atoms with Crippen LogP contribution in [0.1, 0.15) is 27.0 Å². The molecule has 0 bridgehead atoms. The fraction of sp³-hybridized carbons (Fsp3) is 0.111. The summed E-state index contributed by atoms with van der Waals surface area (Å²) in [6, 6.07) is 18.6. The first-order valence-electron chi connectivity index (χ1n) is 10.4. The van der Waals surface area contributed by atoms with Crippen molar-refractivity contribution in [3.8, 4) is 17.2 Å². The van der Waals surface area contributed by atoms with Gasteiger partial charge >= 0.3 is 0 Å².